The smallest absolute Gasteiger partial charge is 0.337 e. The molecule has 0 spiro atoms. The maximum Gasteiger partial charge on any atom is 0.337 e. The molecule has 1 fully saturated rings. The summed E-state index contributed by atoms with van der Waals surface area (Å²) in [5.41, 5.74) is 7.71. The highest BCUT2D eigenvalue weighted by molar-refractivity contribution is 5.74. The van der Waals surface area contributed by atoms with Crippen molar-refractivity contribution < 1.29 is 19.3 Å². The molecule has 2 aromatic heterocycles. The number of anilines is 1. The Bertz CT molecular complexity index is 903. The number of rotatable bonds is 4. The summed E-state index contributed by atoms with van der Waals surface area (Å²) in [6, 6.07) is 0. The first-order valence-electron chi connectivity index (χ1n) is 7.67. The molecule has 4 N–H and O–H groups in total. The Hall–Kier alpha value is -2.52. The summed E-state index contributed by atoms with van der Waals surface area (Å²) in [4.78, 5) is 20.5. The first-order valence-corrected chi connectivity index (χ1v) is 7.67. The lowest BCUT2D eigenvalue weighted by Crippen LogP contribution is -2.35. The van der Waals surface area contributed by atoms with Crippen molar-refractivity contribution in [2.45, 2.75) is 44.1 Å². The molecule has 10 heteroatoms. The van der Waals surface area contributed by atoms with Crippen LogP contribution in [0, 0.1) is 0 Å². The van der Waals surface area contributed by atoms with Crippen molar-refractivity contribution in [2.75, 3.05) is 5.73 Å². The molecule has 9 nitrogen and oxygen atoms in total. The van der Waals surface area contributed by atoms with Crippen LogP contribution in [0.5, 0.6) is 0 Å². The molecule has 0 aromatic carbocycles. The number of alkyl halides is 1. The number of aromatic nitrogens is 4. The molecule has 1 saturated heterocycles. The molecule has 0 bridgehead atoms. The third kappa shape index (κ3) is 2.65. The van der Waals surface area contributed by atoms with E-state index in [-0.39, 0.29) is 23.5 Å². The minimum atomic E-state index is -1.86. The van der Waals surface area contributed by atoms with Gasteiger partial charge >= 0.3 is 5.69 Å². The molecule has 3 heterocycles. The van der Waals surface area contributed by atoms with Gasteiger partial charge in [0.15, 0.2) is 18.0 Å². The second-order valence-corrected chi connectivity index (χ2v) is 5.69. The van der Waals surface area contributed by atoms with Crippen molar-refractivity contribution in [2.24, 2.45) is 0 Å². The summed E-state index contributed by atoms with van der Waals surface area (Å²) in [5, 5.41) is 20.1. The van der Waals surface area contributed by atoms with E-state index in [1.165, 1.54) is 12.4 Å². The van der Waals surface area contributed by atoms with Gasteiger partial charge in [-0.05, 0) is 6.42 Å². The molecule has 134 valence electrons. The molecule has 5 atom stereocenters. The fraction of sp³-hybridized carbons (Fsp3) is 0.467. The van der Waals surface area contributed by atoms with E-state index in [4.69, 9.17) is 10.5 Å². The summed E-state index contributed by atoms with van der Waals surface area (Å²) in [6.07, 6.45) is -4.47. The van der Waals surface area contributed by atoms with Crippen LogP contribution in [0.15, 0.2) is 23.3 Å². The molecule has 0 radical (unpaired) electrons. The number of ether oxygens (including phenoxy) is 1. The van der Waals surface area contributed by atoms with Gasteiger partial charge in [0.1, 0.15) is 17.7 Å². The Morgan fingerprint density at radius 3 is 3.00 bits per heavy atom. The second kappa shape index (κ2) is 6.41. The summed E-state index contributed by atoms with van der Waals surface area (Å²) < 4.78 is 22.0. The van der Waals surface area contributed by atoms with Crippen LogP contribution in [-0.4, -0.2) is 53.8 Å². The average molecular weight is 351 g/mol. The Morgan fingerprint density at radius 2 is 2.36 bits per heavy atom. The van der Waals surface area contributed by atoms with E-state index in [9.17, 15) is 19.4 Å². The van der Waals surface area contributed by atoms with Crippen LogP contribution in [0.4, 0.5) is 10.3 Å². The zero-order chi connectivity index (χ0) is 18.3. The number of imidazole rings is 1. The van der Waals surface area contributed by atoms with Gasteiger partial charge in [0.05, 0.1) is 18.5 Å². The van der Waals surface area contributed by atoms with Crippen LogP contribution < -0.4 is 11.4 Å². The first kappa shape index (κ1) is 17.3. The number of nitrogens with two attached hydrogens (primary N) is 1. The van der Waals surface area contributed by atoms with E-state index in [1.807, 2.05) is 0 Å². The number of halogens is 1. The minimum Gasteiger partial charge on any atom is -0.390 e. The van der Waals surface area contributed by atoms with Crippen LogP contribution in [0.25, 0.3) is 17.4 Å². The number of hydrogen-bond donors (Lipinski definition) is 3. The molecule has 0 amide bonds. The van der Waals surface area contributed by atoms with E-state index < -0.39 is 36.4 Å². The monoisotopic (exact) mass is 351 g/mol. The van der Waals surface area contributed by atoms with Crippen molar-refractivity contribution >= 4 is 23.3 Å². The van der Waals surface area contributed by atoms with Gasteiger partial charge in [0, 0.05) is 0 Å². The van der Waals surface area contributed by atoms with Gasteiger partial charge < -0.3 is 20.7 Å². The summed E-state index contributed by atoms with van der Waals surface area (Å²) in [6.45, 7) is 5.07. The molecular formula is C15H18FN5O4. The number of nitrogens with zero attached hydrogens (tertiary/aromatic N) is 4. The highest BCUT2D eigenvalue weighted by Crippen LogP contribution is 2.34. The topological polar surface area (TPSA) is 128 Å². The average Bonchev–Trinajstić information content (AvgIpc) is 3.02. The normalized spacial score (nSPS) is 27.4. The van der Waals surface area contributed by atoms with Gasteiger partial charge in [-0.3, -0.25) is 4.57 Å². The Balaban J connectivity index is 2.19. The van der Waals surface area contributed by atoms with Gasteiger partial charge in [-0.15, -0.1) is 5.73 Å². The largest absolute Gasteiger partial charge is 0.390 e. The van der Waals surface area contributed by atoms with Gasteiger partial charge in [0.2, 0.25) is 5.95 Å². The molecule has 1 aliphatic rings. The van der Waals surface area contributed by atoms with Crippen LogP contribution in [-0.2, 0) is 4.74 Å². The zero-order valence-corrected chi connectivity index (χ0v) is 13.4. The number of aliphatic hydroxyl groups excluding tert-OH is 2. The summed E-state index contributed by atoms with van der Waals surface area (Å²) in [5.74, 6) is -0.101. The molecule has 1 aliphatic heterocycles. The lowest BCUT2D eigenvalue weighted by molar-refractivity contribution is -0.0798. The van der Waals surface area contributed by atoms with Crippen LogP contribution in [0.3, 0.4) is 0 Å². The summed E-state index contributed by atoms with van der Waals surface area (Å²) >= 11 is 0. The Morgan fingerprint density at radius 1 is 1.64 bits per heavy atom. The molecule has 2 aromatic rings. The second-order valence-electron chi connectivity index (χ2n) is 5.69. The van der Waals surface area contributed by atoms with Crippen LogP contribution in [0.1, 0.15) is 19.6 Å². The molecule has 0 unspecified atom stereocenters. The van der Waals surface area contributed by atoms with Gasteiger partial charge in [-0.25, -0.2) is 18.7 Å². The maximum atomic E-state index is 14.4. The number of fused-ring (bicyclic) bond motifs is 1. The van der Waals surface area contributed by atoms with E-state index in [1.54, 1.807) is 6.92 Å². The third-order valence-electron chi connectivity index (χ3n) is 4.17. The van der Waals surface area contributed by atoms with E-state index in [0.717, 1.165) is 9.13 Å². The number of hydrogen-bond acceptors (Lipinski definition) is 7. The van der Waals surface area contributed by atoms with Gasteiger partial charge in [-0.1, -0.05) is 13.5 Å². The van der Waals surface area contributed by atoms with Gasteiger partial charge in [-0.2, -0.15) is 4.98 Å². The number of nitrogen functional groups attached to an aromatic ring is 1. The van der Waals surface area contributed by atoms with Crippen LogP contribution in [0.2, 0.25) is 0 Å². The fourth-order valence-corrected chi connectivity index (χ4v) is 2.90. The van der Waals surface area contributed by atoms with E-state index in [2.05, 4.69) is 22.3 Å². The first-order chi connectivity index (χ1) is 11.9. The fourth-order valence-electron chi connectivity index (χ4n) is 2.90. The lowest BCUT2D eigenvalue weighted by Gasteiger charge is -2.18. The maximum absolute atomic E-state index is 14.4. The predicted octanol–water partition coefficient (Wildman–Crippen LogP) is -0.202. The highest BCUT2D eigenvalue weighted by Gasteiger charge is 2.49. The zero-order valence-electron chi connectivity index (χ0n) is 13.4. The molecule has 0 aliphatic carbocycles. The molecule has 3 rings (SSSR count). The Kier molecular flexibility index (Phi) is 4.44. The molecule has 0 saturated carbocycles. The number of aliphatic hydroxyl groups is 2. The quantitative estimate of drug-likeness (QED) is 0.651. The van der Waals surface area contributed by atoms with E-state index in [0.29, 0.717) is 0 Å². The van der Waals surface area contributed by atoms with E-state index >= 15 is 0 Å². The Labute approximate surface area is 141 Å². The minimum absolute atomic E-state index is 0.0619. The lowest BCUT2D eigenvalue weighted by atomic mass is 10.1. The third-order valence-corrected chi connectivity index (χ3v) is 4.17. The van der Waals surface area contributed by atoms with Crippen LogP contribution >= 0.6 is 0 Å². The van der Waals surface area contributed by atoms with Crippen molar-refractivity contribution in [3.63, 3.8) is 0 Å². The van der Waals surface area contributed by atoms with Crippen molar-refractivity contribution in [3.05, 3.63) is 29.0 Å². The van der Waals surface area contributed by atoms with Gasteiger partial charge in [0.25, 0.3) is 0 Å². The van der Waals surface area contributed by atoms with Crippen molar-refractivity contribution in [1.29, 1.82) is 0 Å². The molecular weight excluding hydrogens is 333 g/mol. The van der Waals surface area contributed by atoms with Crippen molar-refractivity contribution in [1.82, 2.24) is 19.1 Å². The molecule has 25 heavy (non-hydrogen) atoms. The summed E-state index contributed by atoms with van der Waals surface area (Å²) in [7, 11) is 0. The van der Waals surface area contributed by atoms with Crippen molar-refractivity contribution in [3.8, 4) is 0 Å². The highest BCUT2D eigenvalue weighted by atomic mass is 19.1. The SMILES string of the molecule is C=C=Cn1c(=O)n([C@@H]2O[C@H]([C@@H](O)CC)[C@H](F)[C@H]2O)c2nc(N)ncc21. The standard InChI is InChI=1S/C15H18FN5O4/c1-3-5-20-7-6-18-14(17)19-12(7)21(15(20)24)13-10(23)9(16)11(25-13)8(22)4-2/h5-6,8-11,13,22-23H,1,4H2,2H3,(H2,17,18,19)/t8-,9+,10+,11+,13+/m0/s1. The predicted molar refractivity (Wildman–Crippen MR) is 87.2 cm³/mol.